The maximum atomic E-state index is 13.6. The van der Waals surface area contributed by atoms with Crippen LogP contribution in [0.25, 0.3) is 0 Å². The Morgan fingerprint density at radius 3 is 2.61 bits per heavy atom. The molecule has 0 radical (unpaired) electrons. The number of hydrogen-bond donors (Lipinski definition) is 2. The summed E-state index contributed by atoms with van der Waals surface area (Å²) in [6.45, 7) is 1.91. The summed E-state index contributed by atoms with van der Waals surface area (Å²) in [7, 11) is 0. The number of carbonyl (C=O) groups is 2. The van der Waals surface area contributed by atoms with Crippen molar-refractivity contribution >= 4 is 29.1 Å². The molecule has 8 heteroatoms. The van der Waals surface area contributed by atoms with E-state index in [2.05, 4.69) is 10.6 Å². The number of anilines is 1. The van der Waals surface area contributed by atoms with Gasteiger partial charge in [-0.2, -0.15) is 5.26 Å². The molecule has 1 aliphatic rings. The van der Waals surface area contributed by atoms with Crippen molar-refractivity contribution < 1.29 is 14.0 Å². The second-order valence-electron chi connectivity index (χ2n) is 7.54. The average molecular weight is 443 g/mol. The third kappa shape index (κ3) is 6.51. The minimum atomic E-state index is -0.258. The number of piperidine rings is 1. The summed E-state index contributed by atoms with van der Waals surface area (Å²) < 4.78 is 13.6. The van der Waals surface area contributed by atoms with E-state index in [0.29, 0.717) is 60.7 Å². The van der Waals surface area contributed by atoms with Crippen molar-refractivity contribution in [1.82, 2.24) is 10.2 Å². The molecule has 0 bridgehead atoms. The number of nitriles is 1. The molecule has 0 saturated carbocycles. The normalized spacial score (nSPS) is 14.6. The third-order valence-corrected chi connectivity index (χ3v) is 5.66. The van der Waals surface area contributed by atoms with Gasteiger partial charge in [-0.1, -0.05) is 29.8 Å². The minimum Gasteiger partial charge on any atom is -0.356 e. The van der Waals surface area contributed by atoms with Crippen LogP contribution < -0.4 is 10.6 Å². The first-order valence-corrected chi connectivity index (χ1v) is 10.6. The predicted molar refractivity (Wildman–Crippen MR) is 117 cm³/mol. The van der Waals surface area contributed by atoms with E-state index >= 15 is 0 Å². The lowest BCUT2D eigenvalue weighted by Gasteiger charge is -2.30. The molecule has 1 saturated heterocycles. The highest BCUT2D eigenvalue weighted by atomic mass is 35.5. The van der Waals surface area contributed by atoms with Gasteiger partial charge in [-0.25, -0.2) is 4.39 Å². The lowest BCUT2D eigenvalue weighted by molar-refractivity contribution is -0.126. The van der Waals surface area contributed by atoms with Crippen LogP contribution in [0.15, 0.2) is 42.5 Å². The molecule has 0 aliphatic carbocycles. The molecule has 0 aromatic heterocycles. The Bertz CT molecular complexity index is 984. The van der Waals surface area contributed by atoms with Crippen LogP contribution in [-0.4, -0.2) is 42.9 Å². The van der Waals surface area contributed by atoms with Gasteiger partial charge in [0.25, 0.3) is 0 Å². The molecule has 31 heavy (non-hydrogen) atoms. The van der Waals surface area contributed by atoms with Gasteiger partial charge in [0, 0.05) is 18.2 Å². The number of amides is 2. The summed E-state index contributed by atoms with van der Waals surface area (Å²) in [5, 5.41) is 14.9. The highest BCUT2D eigenvalue weighted by Gasteiger charge is 2.25. The minimum absolute atomic E-state index is 0.0207. The molecule has 2 aromatic rings. The van der Waals surface area contributed by atoms with E-state index in [1.54, 1.807) is 36.4 Å². The molecule has 1 aliphatic heterocycles. The molecule has 2 N–H and O–H groups in total. The van der Waals surface area contributed by atoms with E-state index in [-0.39, 0.29) is 30.1 Å². The van der Waals surface area contributed by atoms with Crippen LogP contribution in [-0.2, 0) is 16.0 Å². The van der Waals surface area contributed by atoms with Gasteiger partial charge in [0.05, 0.1) is 17.1 Å². The summed E-state index contributed by atoms with van der Waals surface area (Å²) in [5.41, 5.74) is 1.49. The van der Waals surface area contributed by atoms with Gasteiger partial charge in [0.15, 0.2) is 0 Å². The fourth-order valence-corrected chi connectivity index (χ4v) is 3.83. The summed E-state index contributed by atoms with van der Waals surface area (Å²) in [6, 6.07) is 13.3. The molecule has 2 aromatic carbocycles. The maximum absolute atomic E-state index is 13.6. The lowest BCUT2D eigenvalue weighted by Crippen LogP contribution is -2.43. The Kier molecular flexibility index (Phi) is 7.99. The molecule has 2 amide bonds. The van der Waals surface area contributed by atoms with Crippen molar-refractivity contribution in [2.75, 3.05) is 31.5 Å². The van der Waals surface area contributed by atoms with Gasteiger partial charge in [-0.05, 0) is 62.2 Å². The summed E-state index contributed by atoms with van der Waals surface area (Å²) in [4.78, 5) is 26.7. The van der Waals surface area contributed by atoms with E-state index in [4.69, 9.17) is 16.9 Å². The summed E-state index contributed by atoms with van der Waals surface area (Å²) in [5.74, 6) is -0.551. The summed E-state index contributed by atoms with van der Waals surface area (Å²) in [6.07, 6.45) is 1.79. The zero-order chi connectivity index (χ0) is 22.2. The van der Waals surface area contributed by atoms with Gasteiger partial charge < -0.3 is 10.6 Å². The first kappa shape index (κ1) is 22.7. The molecular weight excluding hydrogens is 419 g/mol. The van der Waals surface area contributed by atoms with Crippen molar-refractivity contribution in [2.24, 2.45) is 5.92 Å². The fourth-order valence-electron chi connectivity index (χ4n) is 3.61. The Morgan fingerprint density at radius 2 is 1.94 bits per heavy atom. The van der Waals surface area contributed by atoms with Crippen molar-refractivity contribution in [2.45, 2.75) is 19.3 Å². The van der Waals surface area contributed by atoms with Crippen LogP contribution in [0.2, 0.25) is 5.02 Å². The number of nitrogens with one attached hydrogen (secondary N) is 2. The van der Waals surface area contributed by atoms with Crippen LogP contribution >= 0.6 is 11.6 Å². The number of nitrogens with zero attached hydrogens (tertiary/aromatic N) is 2. The van der Waals surface area contributed by atoms with E-state index in [1.807, 2.05) is 11.0 Å². The Hall–Kier alpha value is -2.95. The standard InChI is InChI=1S/C23H24ClFN4O2/c24-20-13-19(6-5-18(20)14-26)28-22(30)15-29-11-8-17(9-12-29)23(31)27-10-7-16-3-1-2-4-21(16)25/h1-6,13,17H,7-12,15H2,(H,27,31)(H,28,30). The van der Waals surface area contributed by atoms with E-state index < -0.39 is 0 Å². The average Bonchev–Trinajstić information content (AvgIpc) is 2.75. The first-order valence-electron chi connectivity index (χ1n) is 10.2. The van der Waals surface area contributed by atoms with Crippen LogP contribution in [0, 0.1) is 23.1 Å². The molecule has 3 rings (SSSR count). The second kappa shape index (κ2) is 10.9. The molecule has 0 spiro atoms. The Morgan fingerprint density at radius 1 is 1.19 bits per heavy atom. The molecule has 0 unspecified atom stereocenters. The van der Waals surface area contributed by atoms with E-state index in [0.717, 1.165) is 0 Å². The van der Waals surface area contributed by atoms with Crippen molar-refractivity contribution in [1.29, 1.82) is 5.26 Å². The summed E-state index contributed by atoms with van der Waals surface area (Å²) >= 11 is 5.99. The zero-order valence-corrected chi connectivity index (χ0v) is 17.8. The van der Waals surface area contributed by atoms with Gasteiger partial charge in [-0.15, -0.1) is 0 Å². The van der Waals surface area contributed by atoms with Crippen LogP contribution in [0.4, 0.5) is 10.1 Å². The molecule has 0 atom stereocenters. The number of carbonyl (C=O) groups excluding carboxylic acids is 2. The SMILES string of the molecule is N#Cc1ccc(NC(=O)CN2CCC(C(=O)NCCc3ccccc3F)CC2)cc1Cl. The zero-order valence-electron chi connectivity index (χ0n) is 17.0. The van der Waals surface area contributed by atoms with Gasteiger partial charge in [0.2, 0.25) is 11.8 Å². The predicted octanol–water partition coefficient (Wildman–Crippen LogP) is 3.36. The number of hydrogen-bond acceptors (Lipinski definition) is 4. The van der Waals surface area contributed by atoms with Crippen molar-refractivity contribution in [3.05, 3.63) is 64.4 Å². The van der Waals surface area contributed by atoms with Gasteiger partial charge in [-0.3, -0.25) is 14.5 Å². The fraction of sp³-hybridized carbons (Fsp3) is 0.348. The Labute approximate surface area is 186 Å². The monoisotopic (exact) mass is 442 g/mol. The third-order valence-electron chi connectivity index (χ3n) is 5.35. The second-order valence-corrected chi connectivity index (χ2v) is 7.94. The largest absolute Gasteiger partial charge is 0.356 e. The number of rotatable bonds is 7. The number of benzene rings is 2. The number of likely N-dealkylation sites (tertiary alicyclic amines) is 1. The van der Waals surface area contributed by atoms with Gasteiger partial charge >= 0.3 is 0 Å². The van der Waals surface area contributed by atoms with Crippen LogP contribution in [0.5, 0.6) is 0 Å². The Balaban J connectivity index is 1.38. The molecular formula is C23H24ClFN4O2. The van der Waals surface area contributed by atoms with E-state index in [9.17, 15) is 14.0 Å². The molecule has 1 heterocycles. The molecule has 162 valence electrons. The van der Waals surface area contributed by atoms with Gasteiger partial charge in [0.1, 0.15) is 11.9 Å². The topological polar surface area (TPSA) is 85.2 Å². The van der Waals surface area contributed by atoms with Crippen molar-refractivity contribution in [3.63, 3.8) is 0 Å². The quantitative estimate of drug-likeness (QED) is 0.688. The highest BCUT2D eigenvalue weighted by Crippen LogP contribution is 2.21. The highest BCUT2D eigenvalue weighted by molar-refractivity contribution is 6.32. The van der Waals surface area contributed by atoms with E-state index in [1.165, 1.54) is 6.07 Å². The molecule has 6 nitrogen and oxygen atoms in total. The van der Waals surface area contributed by atoms with Crippen LogP contribution in [0.1, 0.15) is 24.0 Å². The maximum Gasteiger partial charge on any atom is 0.238 e. The lowest BCUT2D eigenvalue weighted by atomic mass is 9.96. The smallest absolute Gasteiger partial charge is 0.238 e. The first-order chi connectivity index (χ1) is 15.0. The van der Waals surface area contributed by atoms with Crippen molar-refractivity contribution in [3.8, 4) is 6.07 Å². The molecule has 1 fully saturated rings. The number of halogens is 2. The van der Waals surface area contributed by atoms with Crippen LogP contribution in [0.3, 0.4) is 0 Å².